The van der Waals surface area contributed by atoms with Gasteiger partial charge in [-0.25, -0.2) is 0 Å². The van der Waals surface area contributed by atoms with Crippen molar-refractivity contribution in [2.24, 2.45) is 0 Å². The number of hydrogen-bond donors (Lipinski definition) is 1. The zero-order chi connectivity index (χ0) is 12.8. The lowest BCUT2D eigenvalue weighted by Gasteiger charge is -2.04. The summed E-state index contributed by atoms with van der Waals surface area (Å²) in [4.78, 5) is 1.32. The third kappa shape index (κ3) is 3.62. The third-order valence-electron chi connectivity index (χ3n) is 2.77. The van der Waals surface area contributed by atoms with Gasteiger partial charge in [0.05, 0.1) is 5.69 Å². The molecule has 0 unspecified atom stereocenters. The minimum atomic E-state index is 0.830. The molecule has 0 saturated carbocycles. The molecule has 0 spiro atoms. The molecule has 0 aliphatic carbocycles. The van der Waals surface area contributed by atoms with E-state index in [0.717, 1.165) is 30.3 Å². The van der Waals surface area contributed by atoms with Crippen LogP contribution in [-0.4, -0.2) is 17.5 Å². The number of rotatable bonds is 6. The standard InChI is InChI=1S/C14H18N2OS/c1-11-14(12(2)17-16-11)10-15-8-9-18-13-6-4-3-5-7-13/h3-7,15H,8-10H2,1-2H3. The van der Waals surface area contributed by atoms with Gasteiger partial charge in [0.2, 0.25) is 0 Å². The van der Waals surface area contributed by atoms with E-state index in [1.54, 1.807) is 0 Å². The summed E-state index contributed by atoms with van der Waals surface area (Å²) in [5.74, 6) is 1.98. The minimum Gasteiger partial charge on any atom is -0.361 e. The lowest BCUT2D eigenvalue weighted by atomic mass is 10.2. The Morgan fingerprint density at radius 1 is 1.22 bits per heavy atom. The fourth-order valence-electron chi connectivity index (χ4n) is 1.73. The maximum absolute atomic E-state index is 5.13. The number of thioether (sulfide) groups is 1. The second-order valence-electron chi connectivity index (χ2n) is 4.14. The van der Waals surface area contributed by atoms with E-state index in [1.807, 2.05) is 31.7 Å². The van der Waals surface area contributed by atoms with E-state index in [1.165, 1.54) is 10.5 Å². The van der Waals surface area contributed by atoms with Gasteiger partial charge in [0, 0.05) is 29.3 Å². The molecule has 0 radical (unpaired) electrons. The van der Waals surface area contributed by atoms with Gasteiger partial charge in [-0.15, -0.1) is 11.8 Å². The topological polar surface area (TPSA) is 38.1 Å². The van der Waals surface area contributed by atoms with Gasteiger partial charge in [-0.3, -0.25) is 0 Å². The Hall–Kier alpha value is -1.26. The van der Waals surface area contributed by atoms with Crippen molar-refractivity contribution in [1.29, 1.82) is 0 Å². The summed E-state index contributed by atoms with van der Waals surface area (Å²) in [5.41, 5.74) is 2.16. The van der Waals surface area contributed by atoms with Gasteiger partial charge in [-0.2, -0.15) is 0 Å². The number of aromatic nitrogens is 1. The van der Waals surface area contributed by atoms with Crippen LogP contribution in [0.5, 0.6) is 0 Å². The van der Waals surface area contributed by atoms with Crippen LogP contribution in [0.2, 0.25) is 0 Å². The third-order valence-corrected chi connectivity index (χ3v) is 3.79. The van der Waals surface area contributed by atoms with Crippen LogP contribution in [-0.2, 0) is 6.54 Å². The maximum atomic E-state index is 5.13. The molecule has 1 aromatic heterocycles. The Balaban J connectivity index is 1.68. The van der Waals surface area contributed by atoms with Crippen molar-refractivity contribution in [3.63, 3.8) is 0 Å². The van der Waals surface area contributed by atoms with E-state index in [4.69, 9.17) is 4.52 Å². The molecule has 0 aliphatic heterocycles. The van der Waals surface area contributed by atoms with Crippen molar-refractivity contribution in [3.05, 3.63) is 47.3 Å². The first kappa shape index (κ1) is 13.2. The van der Waals surface area contributed by atoms with Crippen LogP contribution >= 0.6 is 11.8 Å². The molecule has 0 saturated heterocycles. The molecule has 1 N–H and O–H groups in total. The van der Waals surface area contributed by atoms with Gasteiger partial charge in [0.1, 0.15) is 5.76 Å². The molecular formula is C14H18N2OS. The van der Waals surface area contributed by atoms with E-state index < -0.39 is 0 Å². The zero-order valence-electron chi connectivity index (χ0n) is 10.8. The molecular weight excluding hydrogens is 244 g/mol. The predicted octanol–water partition coefficient (Wildman–Crippen LogP) is 3.17. The number of benzene rings is 1. The van der Waals surface area contributed by atoms with Gasteiger partial charge in [-0.1, -0.05) is 23.4 Å². The fourth-order valence-corrected chi connectivity index (χ4v) is 2.56. The first-order valence-electron chi connectivity index (χ1n) is 6.07. The SMILES string of the molecule is Cc1noc(C)c1CNCCSc1ccccc1. The van der Waals surface area contributed by atoms with Crippen LogP contribution in [0.15, 0.2) is 39.8 Å². The second-order valence-corrected chi connectivity index (χ2v) is 5.31. The van der Waals surface area contributed by atoms with Crippen molar-refractivity contribution in [3.8, 4) is 0 Å². The lowest BCUT2D eigenvalue weighted by Crippen LogP contribution is -2.17. The number of hydrogen-bond acceptors (Lipinski definition) is 4. The second kappa shape index (κ2) is 6.61. The van der Waals surface area contributed by atoms with Crippen LogP contribution in [0.4, 0.5) is 0 Å². The van der Waals surface area contributed by atoms with Crippen molar-refractivity contribution >= 4 is 11.8 Å². The molecule has 3 nitrogen and oxygen atoms in total. The Labute approximate surface area is 112 Å². The minimum absolute atomic E-state index is 0.830. The smallest absolute Gasteiger partial charge is 0.138 e. The van der Waals surface area contributed by atoms with Crippen molar-refractivity contribution in [2.75, 3.05) is 12.3 Å². The molecule has 0 aliphatic rings. The summed E-state index contributed by atoms with van der Waals surface area (Å²) in [6.45, 7) is 5.74. The Bertz CT molecular complexity index is 462. The molecule has 18 heavy (non-hydrogen) atoms. The van der Waals surface area contributed by atoms with Crippen molar-refractivity contribution in [2.45, 2.75) is 25.3 Å². The van der Waals surface area contributed by atoms with E-state index in [2.05, 4.69) is 34.7 Å². The van der Waals surface area contributed by atoms with Crippen LogP contribution in [0.3, 0.4) is 0 Å². The van der Waals surface area contributed by atoms with Crippen molar-refractivity contribution < 1.29 is 4.52 Å². The van der Waals surface area contributed by atoms with Gasteiger partial charge in [0.15, 0.2) is 0 Å². The van der Waals surface area contributed by atoms with Gasteiger partial charge in [0.25, 0.3) is 0 Å². The predicted molar refractivity (Wildman–Crippen MR) is 74.8 cm³/mol. The molecule has 1 aromatic carbocycles. The summed E-state index contributed by atoms with van der Waals surface area (Å²) in [5, 5.41) is 7.36. The summed E-state index contributed by atoms with van der Waals surface area (Å²) in [7, 11) is 0. The highest BCUT2D eigenvalue weighted by molar-refractivity contribution is 7.99. The average molecular weight is 262 g/mol. The summed E-state index contributed by atoms with van der Waals surface area (Å²) in [6.07, 6.45) is 0. The van der Waals surface area contributed by atoms with Gasteiger partial charge < -0.3 is 9.84 Å². The zero-order valence-corrected chi connectivity index (χ0v) is 11.6. The monoisotopic (exact) mass is 262 g/mol. The van der Waals surface area contributed by atoms with Crippen LogP contribution < -0.4 is 5.32 Å². The number of aryl methyl sites for hydroxylation is 2. The van der Waals surface area contributed by atoms with E-state index in [0.29, 0.717) is 0 Å². The van der Waals surface area contributed by atoms with Crippen molar-refractivity contribution in [1.82, 2.24) is 10.5 Å². The maximum Gasteiger partial charge on any atom is 0.138 e. The van der Waals surface area contributed by atoms with Crippen LogP contribution in [0.1, 0.15) is 17.0 Å². The first-order chi connectivity index (χ1) is 8.77. The van der Waals surface area contributed by atoms with Gasteiger partial charge in [-0.05, 0) is 26.0 Å². The summed E-state index contributed by atoms with van der Waals surface area (Å²) >= 11 is 1.86. The van der Waals surface area contributed by atoms with E-state index in [-0.39, 0.29) is 0 Å². The van der Waals surface area contributed by atoms with E-state index >= 15 is 0 Å². The molecule has 0 fully saturated rings. The molecule has 2 aromatic rings. The summed E-state index contributed by atoms with van der Waals surface area (Å²) < 4.78 is 5.13. The van der Waals surface area contributed by atoms with Crippen LogP contribution in [0.25, 0.3) is 0 Å². The molecule has 4 heteroatoms. The first-order valence-corrected chi connectivity index (χ1v) is 7.06. The number of nitrogens with zero attached hydrogens (tertiary/aromatic N) is 1. The average Bonchev–Trinajstić information content (AvgIpc) is 2.71. The quantitative estimate of drug-likeness (QED) is 0.641. The highest BCUT2D eigenvalue weighted by Gasteiger charge is 2.07. The Morgan fingerprint density at radius 3 is 2.67 bits per heavy atom. The Kier molecular flexibility index (Phi) is 4.84. The Morgan fingerprint density at radius 2 is 2.00 bits per heavy atom. The van der Waals surface area contributed by atoms with E-state index in [9.17, 15) is 0 Å². The van der Waals surface area contributed by atoms with Gasteiger partial charge >= 0.3 is 0 Å². The molecule has 1 heterocycles. The number of nitrogens with one attached hydrogen (secondary N) is 1. The molecule has 0 bridgehead atoms. The van der Waals surface area contributed by atoms with Crippen LogP contribution in [0, 0.1) is 13.8 Å². The summed E-state index contributed by atoms with van der Waals surface area (Å²) in [6, 6.07) is 10.5. The lowest BCUT2D eigenvalue weighted by molar-refractivity contribution is 0.392. The molecule has 96 valence electrons. The highest BCUT2D eigenvalue weighted by Crippen LogP contribution is 2.16. The molecule has 2 rings (SSSR count). The molecule has 0 atom stereocenters. The highest BCUT2D eigenvalue weighted by atomic mass is 32.2. The molecule has 0 amide bonds. The largest absolute Gasteiger partial charge is 0.361 e. The fraction of sp³-hybridized carbons (Fsp3) is 0.357. The normalized spacial score (nSPS) is 10.8.